The molecule has 53 heavy (non-hydrogen) atoms. The Kier molecular flexibility index (Phi) is 9.17. The Bertz CT molecular complexity index is 2400. The summed E-state index contributed by atoms with van der Waals surface area (Å²) in [7, 11) is 0. The first kappa shape index (κ1) is 36.3. The number of pyridine rings is 1. The lowest BCUT2D eigenvalue weighted by Crippen LogP contribution is -2.11. The number of phenolic OH excluding ortho intramolecular Hbond substituents is 1. The van der Waals surface area contributed by atoms with E-state index in [1.165, 1.54) is 38.7 Å². The topological polar surface area (TPSA) is 50.1 Å². The summed E-state index contributed by atoms with van der Waals surface area (Å²) >= 11 is 0. The fraction of sp³-hybridized carbons (Fsp3) is 0.327. The largest absolute Gasteiger partial charge is 0.505 e. The van der Waals surface area contributed by atoms with E-state index in [9.17, 15) is 5.11 Å². The number of aromatic nitrogens is 2. The van der Waals surface area contributed by atoms with Gasteiger partial charge in [0.15, 0.2) is 0 Å². The van der Waals surface area contributed by atoms with Crippen LogP contribution in [0.1, 0.15) is 115 Å². The Morgan fingerprint density at radius 3 is 1.77 bits per heavy atom. The second kappa shape index (κ2) is 13.4. The van der Waals surface area contributed by atoms with Gasteiger partial charge in [-0.3, -0.25) is 4.98 Å². The molecule has 0 aliphatic heterocycles. The van der Waals surface area contributed by atoms with Gasteiger partial charge >= 0.3 is 0 Å². The van der Waals surface area contributed by atoms with E-state index in [0.717, 1.165) is 50.0 Å². The van der Waals surface area contributed by atoms with Gasteiger partial charge in [-0.15, -0.1) is 0 Å². The minimum absolute atomic E-state index is 0.0275. The number of nitrogens with zero attached hydrogens (tertiary/aromatic N) is 2. The standard InChI is InChI=1S/C49H55N3O/c1-29(2)36-15-13-16-37(30(3)4)46(36)50-28-35-21-18-32-14-12-17-40(45(32)51-35)41-24-31(5)25-44(47(41)53)52-42-26-33(48(6,7)8)19-22-38(42)39-23-20-34(27-43(39)52)49(9,10)11/h12-27,29-30,50,53H,28H2,1-11H3. The molecule has 0 bridgehead atoms. The summed E-state index contributed by atoms with van der Waals surface area (Å²) in [5.41, 5.74) is 13.9. The van der Waals surface area contributed by atoms with Crippen LogP contribution in [0.25, 0.3) is 49.5 Å². The van der Waals surface area contributed by atoms with Gasteiger partial charge in [0.1, 0.15) is 5.75 Å². The zero-order chi connectivity index (χ0) is 38.0. The molecular formula is C49H55N3O. The first-order chi connectivity index (χ1) is 25.0. The van der Waals surface area contributed by atoms with Crippen LogP contribution in [0.3, 0.4) is 0 Å². The van der Waals surface area contributed by atoms with Crippen molar-refractivity contribution in [1.29, 1.82) is 0 Å². The molecule has 0 atom stereocenters. The highest BCUT2D eigenvalue weighted by atomic mass is 16.3. The van der Waals surface area contributed by atoms with Crippen molar-refractivity contribution in [3.63, 3.8) is 0 Å². The second-order valence-corrected chi connectivity index (χ2v) is 17.6. The maximum absolute atomic E-state index is 12.5. The molecule has 2 heterocycles. The minimum atomic E-state index is -0.0275. The Balaban J connectivity index is 1.40. The minimum Gasteiger partial charge on any atom is -0.505 e. The molecule has 0 radical (unpaired) electrons. The van der Waals surface area contributed by atoms with Crippen molar-refractivity contribution in [2.24, 2.45) is 0 Å². The number of phenols is 1. The summed E-state index contributed by atoms with van der Waals surface area (Å²) in [5.74, 6) is 1.06. The summed E-state index contributed by atoms with van der Waals surface area (Å²) in [6.07, 6.45) is 0. The van der Waals surface area contributed by atoms with E-state index >= 15 is 0 Å². The van der Waals surface area contributed by atoms with Gasteiger partial charge in [0.25, 0.3) is 0 Å². The molecule has 0 spiro atoms. The molecule has 5 aromatic carbocycles. The highest BCUT2D eigenvalue weighted by Crippen LogP contribution is 2.44. The third-order valence-corrected chi connectivity index (χ3v) is 10.9. The Labute approximate surface area is 315 Å². The lowest BCUT2D eigenvalue weighted by Gasteiger charge is -2.21. The van der Waals surface area contributed by atoms with Crippen LogP contribution < -0.4 is 5.32 Å². The maximum atomic E-state index is 12.5. The van der Waals surface area contributed by atoms with E-state index in [1.54, 1.807) is 0 Å². The van der Waals surface area contributed by atoms with Crippen molar-refractivity contribution in [3.8, 4) is 22.6 Å². The molecular weight excluding hydrogens is 647 g/mol. The van der Waals surface area contributed by atoms with Crippen molar-refractivity contribution in [2.45, 2.75) is 105 Å². The molecule has 7 aromatic rings. The van der Waals surface area contributed by atoms with Gasteiger partial charge in [0, 0.05) is 33.0 Å². The monoisotopic (exact) mass is 701 g/mol. The zero-order valence-electron chi connectivity index (χ0n) is 33.4. The van der Waals surface area contributed by atoms with Crippen molar-refractivity contribution < 1.29 is 5.11 Å². The predicted molar refractivity (Wildman–Crippen MR) is 227 cm³/mol. The normalized spacial score (nSPS) is 12.5. The van der Waals surface area contributed by atoms with Gasteiger partial charge in [-0.2, -0.15) is 0 Å². The third kappa shape index (κ3) is 6.69. The van der Waals surface area contributed by atoms with Crippen LogP contribution in [0.2, 0.25) is 0 Å². The molecule has 272 valence electrons. The van der Waals surface area contributed by atoms with Crippen molar-refractivity contribution in [1.82, 2.24) is 9.55 Å². The highest BCUT2D eigenvalue weighted by molar-refractivity contribution is 6.10. The number of para-hydroxylation sites is 2. The van der Waals surface area contributed by atoms with Gasteiger partial charge in [-0.25, -0.2) is 0 Å². The van der Waals surface area contributed by atoms with E-state index < -0.39 is 0 Å². The van der Waals surface area contributed by atoms with Gasteiger partial charge in [0.05, 0.1) is 34.5 Å². The van der Waals surface area contributed by atoms with Crippen LogP contribution in [-0.4, -0.2) is 14.7 Å². The SMILES string of the molecule is Cc1cc(-c2cccc3ccc(CNc4c(C(C)C)cccc4C(C)C)nc23)c(O)c(-n2c3cc(C(C)(C)C)ccc3c3ccc(C(C)(C)C)cc32)c1. The first-order valence-corrected chi connectivity index (χ1v) is 19.2. The molecule has 0 unspecified atom stereocenters. The van der Waals surface area contributed by atoms with Gasteiger partial charge in [-0.05, 0) is 87.7 Å². The van der Waals surface area contributed by atoms with Crippen LogP contribution in [0.15, 0.2) is 97.1 Å². The predicted octanol–water partition coefficient (Wildman–Crippen LogP) is 13.5. The van der Waals surface area contributed by atoms with E-state index in [1.807, 2.05) is 0 Å². The second-order valence-electron chi connectivity index (χ2n) is 17.6. The molecule has 0 saturated carbocycles. The zero-order valence-corrected chi connectivity index (χ0v) is 33.4. The van der Waals surface area contributed by atoms with Crippen molar-refractivity contribution >= 4 is 38.4 Å². The van der Waals surface area contributed by atoms with Crippen LogP contribution in [0.4, 0.5) is 5.69 Å². The highest BCUT2D eigenvalue weighted by Gasteiger charge is 2.24. The Hall–Kier alpha value is -5.09. The molecule has 0 amide bonds. The number of fused-ring (bicyclic) bond motifs is 4. The average molecular weight is 702 g/mol. The van der Waals surface area contributed by atoms with E-state index in [2.05, 4.69) is 183 Å². The molecule has 7 rings (SSSR count). The average Bonchev–Trinajstić information content (AvgIpc) is 3.43. The van der Waals surface area contributed by atoms with E-state index in [-0.39, 0.29) is 16.6 Å². The number of aryl methyl sites for hydroxylation is 1. The number of aromatic hydroxyl groups is 1. The third-order valence-electron chi connectivity index (χ3n) is 10.9. The molecule has 0 saturated heterocycles. The molecule has 4 heteroatoms. The van der Waals surface area contributed by atoms with Crippen LogP contribution in [-0.2, 0) is 17.4 Å². The fourth-order valence-electron chi connectivity index (χ4n) is 7.78. The molecule has 4 nitrogen and oxygen atoms in total. The van der Waals surface area contributed by atoms with E-state index in [0.29, 0.717) is 18.4 Å². The number of hydrogen-bond donors (Lipinski definition) is 2. The van der Waals surface area contributed by atoms with Crippen LogP contribution in [0.5, 0.6) is 5.75 Å². The van der Waals surface area contributed by atoms with Gasteiger partial charge < -0.3 is 15.0 Å². The van der Waals surface area contributed by atoms with Crippen LogP contribution in [0, 0.1) is 6.92 Å². The summed E-state index contributed by atoms with van der Waals surface area (Å²) in [6, 6.07) is 35.0. The molecule has 0 fully saturated rings. The van der Waals surface area contributed by atoms with Crippen molar-refractivity contribution in [3.05, 3.63) is 131 Å². The smallest absolute Gasteiger partial charge is 0.147 e. The lowest BCUT2D eigenvalue weighted by atomic mass is 9.86. The molecule has 2 N–H and O–H groups in total. The number of nitrogens with one attached hydrogen (secondary N) is 1. The number of anilines is 1. The quantitative estimate of drug-likeness (QED) is 0.174. The summed E-state index contributed by atoms with van der Waals surface area (Å²) in [6.45, 7) is 25.3. The first-order valence-electron chi connectivity index (χ1n) is 19.2. The summed E-state index contributed by atoms with van der Waals surface area (Å²) in [5, 5.41) is 19.7. The number of benzene rings is 5. The molecule has 2 aromatic heterocycles. The lowest BCUT2D eigenvalue weighted by molar-refractivity contribution is 0.475. The van der Waals surface area contributed by atoms with E-state index in [4.69, 9.17) is 4.98 Å². The number of hydrogen-bond acceptors (Lipinski definition) is 3. The van der Waals surface area contributed by atoms with Crippen molar-refractivity contribution in [2.75, 3.05) is 5.32 Å². The fourth-order valence-corrected chi connectivity index (χ4v) is 7.78. The molecule has 0 aliphatic rings. The molecule has 0 aliphatic carbocycles. The number of rotatable bonds is 7. The van der Waals surface area contributed by atoms with Crippen LogP contribution >= 0.6 is 0 Å². The Morgan fingerprint density at radius 1 is 0.660 bits per heavy atom. The van der Waals surface area contributed by atoms with Gasteiger partial charge in [-0.1, -0.05) is 136 Å². The van der Waals surface area contributed by atoms with Gasteiger partial charge in [0.2, 0.25) is 0 Å². The summed E-state index contributed by atoms with van der Waals surface area (Å²) < 4.78 is 2.29. The summed E-state index contributed by atoms with van der Waals surface area (Å²) in [4.78, 5) is 5.28. The Morgan fingerprint density at radius 2 is 1.23 bits per heavy atom. The maximum Gasteiger partial charge on any atom is 0.147 e.